The number of halogens is 4. The molecular weight excluding hydrogens is 717 g/mol. The summed E-state index contributed by atoms with van der Waals surface area (Å²) in [6.45, 7) is 2.71. The summed E-state index contributed by atoms with van der Waals surface area (Å²) in [6.07, 6.45) is 5.00. The molecule has 0 saturated carbocycles. The fourth-order valence-electron chi connectivity index (χ4n) is 7.39. The standard InChI is InChI=1S/C32H36ClF3N8O4S2/c1-32(2,3)48-31(45)44-20-5-6-21(44)14-18(13-20)40-50(46,47)41-19-15-25-26(24-8-10-43(39-24)30(35)36)27(22-7-4-17(34)12-23(22)33)38-28(42(25)16-19)29-37-9-11-49-29/h4,7-12,18-21,27,30,40-41H,5-6,13-16H2,1-3H3/t18?,19-,20?,21?,27-/m0/s1. The molecule has 2 bridgehead atoms. The van der Waals surface area contributed by atoms with E-state index < -0.39 is 46.3 Å². The lowest BCUT2D eigenvalue weighted by atomic mass is 9.92. The van der Waals surface area contributed by atoms with Gasteiger partial charge in [0.1, 0.15) is 17.5 Å². The third-order valence-electron chi connectivity index (χ3n) is 9.21. The molecule has 0 aliphatic carbocycles. The molecule has 3 aromatic rings. The van der Waals surface area contributed by atoms with Crippen LogP contribution in [0.3, 0.4) is 0 Å². The van der Waals surface area contributed by atoms with Crippen LogP contribution in [-0.4, -0.2) is 81.2 Å². The van der Waals surface area contributed by atoms with Crippen molar-refractivity contribution < 1.29 is 31.1 Å². The highest BCUT2D eigenvalue weighted by atomic mass is 35.5. The molecule has 2 unspecified atom stereocenters. The van der Waals surface area contributed by atoms with E-state index in [2.05, 4.69) is 19.5 Å². The van der Waals surface area contributed by atoms with E-state index in [1.54, 1.807) is 16.5 Å². The molecule has 7 rings (SSSR count). The molecule has 3 fully saturated rings. The van der Waals surface area contributed by atoms with Gasteiger partial charge in [0, 0.05) is 76.8 Å². The average Bonchev–Trinajstić information content (AvgIpc) is 3.82. The van der Waals surface area contributed by atoms with Crippen molar-refractivity contribution in [2.45, 2.75) is 95.2 Å². The predicted octanol–water partition coefficient (Wildman–Crippen LogP) is 5.87. The molecule has 50 heavy (non-hydrogen) atoms. The van der Waals surface area contributed by atoms with Crippen LogP contribution in [0.1, 0.15) is 81.7 Å². The Bertz CT molecular complexity index is 1940. The first-order valence-corrected chi connectivity index (χ1v) is 19.0. The third-order valence-corrected chi connectivity index (χ3v) is 11.6. The molecule has 2 aromatic heterocycles. The van der Waals surface area contributed by atoms with E-state index in [-0.39, 0.29) is 41.9 Å². The zero-order valence-electron chi connectivity index (χ0n) is 27.4. The normalized spacial score (nSPS) is 25.4. The fraction of sp³-hybridized carbons (Fsp3) is 0.500. The van der Waals surface area contributed by atoms with Gasteiger partial charge >= 0.3 is 12.6 Å². The maximum atomic E-state index is 14.1. The lowest BCUT2D eigenvalue weighted by Gasteiger charge is -2.39. The van der Waals surface area contributed by atoms with E-state index in [1.165, 1.54) is 29.5 Å². The van der Waals surface area contributed by atoms with Gasteiger partial charge in [-0.3, -0.25) is 4.99 Å². The number of aliphatic imine (C=N–C) groups is 1. The largest absolute Gasteiger partial charge is 0.444 e. The first kappa shape index (κ1) is 34.9. The zero-order valence-corrected chi connectivity index (χ0v) is 29.8. The zero-order chi connectivity index (χ0) is 35.5. The number of aromatic nitrogens is 3. The number of nitrogens with one attached hydrogen (secondary N) is 2. The molecule has 4 aliphatic heterocycles. The van der Waals surface area contributed by atoms with Gasteiger partial charge in [-0.05, 0) is 64.7 Å². The molecule has 4 atom stereocenters. The summed E-state index contributed by atoms with van der Waals surface area (Å²) >= 11 is 7.87. The van der Waals surface area contributed by atoms with Crippen molar-refractivity contribution in [1.29, 1.82) is 0 Å². The number of amidine groups is 1. The Labute approximate surface area is 296 Å². The van der Waals surface area contributed by atoms with Crippen LogP contribution in [0.15, 0.2) is 52.7 Å². The van der Waals surface area contributed by atoms with E-state index in [1.807, 2.05) is 25.7 Å². The highest BCUT2D eigenvalue weighted by molar-refractivity contribution is 7.87. The fourth-order valence-corrected chi connectivity index (χ4v) is 9.60. The van der Waals surface area contributed by atoms with E-state index >= 15 is 0 Å². The van der Waals surface area contributed by atoms with E-state index in [4.69, 9.17) is 21.3 Å². The van der Waals surface area contributed by atoms with Crippen LogP contribution >= 0.6 is 22.9 Å². The van der Waals surface area contributed by atoms with Gasteiger partial charge in [-0.25, -0.2) is 18.9 Å². The van der Waals surface area contributed by atoms with Crippen molar-refractivity contribution in [1.82, 2.24) is 34.0 Å². The SMILES string of the molecule is CC(C)(C)OC(=O)N1C2CCC1CC(NS(=O)(=O)N[C@H]1CC3=C(c4ccn(C(F)F)n4)[C@H](c4ccc(F)cc4Cl)N=C(c4nccs4)N3C1)C2. The number of nitrogens with zero attached hydrogens (tertiary/aromatic N) is 6. The summed E-state index contributed by atoms with van der Waals surface area (Å²) in [6, 6.07) is 3.14. The van der Waals surface area contributed by atoms with Gasteiger partial charge in [-0.1, -0.05) is 17.7 Å². The molecule has 1 aromatic carbocycles. The number of alkyl halides is 2. The Balaban J connectivity index is 1.17. The van der Waals surface area contributed by atoms with Crippen LogP contribution in [0, 0.1) is 5.82 Å². The van der Waals surface area contributed by atoms with Crippen LogP contribution in [0.2, 0.25) is 5.02 Å². The molecule has 2 N–H and O–H groups in total. The number of hydrogen-bond acceptors (Lipinski definition) is 9. The first-order chi connectivity index (χ1) is 23.7. The van der Waals surface area contributed by atoms with Crippen LogP contribution < -0.4 is 9.44 Å². The second-order valence-corrected chi connectivity index (χ2v) is 16.6. The molecule has 6 heterocycles. The molecule has 4 aliphatic rings. The summed E-state index contributed by atoms with van der Waals surface area (Å²) < 4.78 is 80.5. The van der Waals surface area contributed by atoms with Crippen LogP contribution in [0.25, 0.3) is 5.57 Å². The number of piperidine rings is 1. The Morgan fingerprint density at radius 2 is 1.84 bits per heavy atom. The van der Waals surface area contributed by atoms with Crippen molar-refractivity contribution in [3.63, 3.8) is 0 Å². The number of carbonyl (C=O) groups excluding carboxylic acids is 1. The average molecular weight is 753 g/mol. The van der Waals surface area contributed by atoms with E-state index in [9.17, 15) is 26.4 Å². The Morgan fingerprint density at radius 3 is 2.46 bits per heavy atom. The molecule has 1 amide bonds. The Hall–Kier alpha value is -3.51. The number of amides is 1. The van der Waals surface area contributed by atoms with E-state index in [0.29, 0.717) is 45.2 Å². The molecule has 18 heteroatoms. The lowest BCUT2D eigenvalue weighted by Crippen LogP contribution is -2.55. The van der Waals surface area contributed by atoms with Gasteiger partial charge in [0.15, 0.2) is 10.8 Å². The van der Waals surface area contributed by atoms with Crippen LogP contribution in [0.5, 0.6) is 0 Å². The molecule has 268 valence electrons. The number of thiazole rings is 1. The van der Waals surface area contributed by atoms with Gasteiger partial charge in [0.05, 0.1) is 5.69 Å². The molecule has 0 radical (unpaired) electrons. The highest BCUT2D eigenvalue weighted by Crippen LogP contribution is 2.46. The minimum atomic E-state index is -4.05. The number of hydrogen-bond donors (Lipinski definition) is 2. The second kappa shape index (κ2) is 13.2. The monoisotopic (exact) mass is 752 g/mol. The minimum absolute atomic E-state index is 0.0863. The Kier molecular flexibility index (Phi) is 9.24. The molecular formula is C32H36ClF3N8O4S2. The van der Waals surface area contributed by atoms with Gasteiger partial charge in [-0.15, -0.1) is 11.3 Å². The summed E-state index contributed by atoms with van der Waals surface area (Å²) in [5.74, 6) is -0.110. The molecule has 0 spiro atoms. The van der Waals surface area contributed by atoms with Crippen LogP contribution in [0.4, 0.5) is 18.0 Å². The van der Waals surface area contributed by atoms with Gasteiger partial charge < -0.3 is 14.5 Å². The summed E-state index contributed by atoms with van der Waals surface area (Å²) in [5.41, 5.74) is 1.03. The first-order valence-electron chi connectivity index (χ1n) is 16.2. The van der Waals surface area contributed by atoms with Crippen molar-refractivity contribution in [3.05, 3.63) is 74.8 Å². The van der Waals surface area contributed by atoms with Gasteiger partial charge in [0.2, 0.25) is 0 Å². The summed E-state index contributed by atoms with van der Waals surface area (Å²) in [4.78, 5) is 25.9. The number of rotatable bonds is 8. The lowest BCUT2D eigenvalue weighted by molar-refractivity contribution is 0.00562. The van der Waals surface area contributed by atoms with Crippen molar-refractivity contribution in [3.8, 4) is 0 Å². The maximum absolute atomic E-state index is 14.1. The number of fused-ring (bicyclic) bond motifs is 3. The van der Waals surface area contributed by atoms with Gasteiger partial charge in [0.25, 0.3) is 10.2 Å². The smallest absolute Gasteiger partial charge is 0.410 e. The maximum Gasteiger partial charge on any atom is 0.410 e. The Morgan fingerprint density at radius 1 is 1.12 bits per heavy atom. The number of ether oxygens (including phenoxy) is 1. The second-order valence-electron chi connectivity index (χ2n) is 13.9. The number of benzene rings is 1. The summed E-state index contributed by atoms with van der Waals surface area (Å²) in [7, 11) is -4.05. The predicted molar refractivity (Wildman–Crippen MR) is 181 cm³/mol. The topological polar surface area (TPSA) is 134 Å². The third kappa shape index (κ3) is 7.02. The van der Waals surface area contributed by atoms with Crippen molar-refractivity contribution >= 4 is 50.6 Å². The quantitative estimate of drug-likeness (QED) is 0.294. The van der Waals surface area contributed by atoms with Crippen molar-refractivity contribution in [2.24, 2.45) is 4.99 Å². The van der Waals surface area contributed by atoms with Crippen molar-refractivity contribution in [2.75, 3.05) is 6.54 Å². The number of carbonyl (C=O) groups is 1. The highest BCUT2D eigenvalue weighted by Gasteiger charge is 2.47. The van der Waals surface area contributed by atoms with E-state index in [0.717, 1.165) is 25.1 Å². The molecule has 12 nitrogen and oxygen atoms in total. The molecule has 3 saturated heterocycles. The van der Waals surface area contributed by atoms with Gasteiger partial charge in [-0.2, -0.15) is 31.7 Å². The minimum Gasteiger partial charge on any atom is -0.444 e. The summed E-state index contributed by atoms with van der Waals surface area (Å²) in [5, 5.41) is 6.55. The van der Waals surface area contributed by atoms with Crippen LogP contribution in [-0.2, 0) is 14.9 Å².